The van der Waals surface area contributed by atoms with E-state index in [2.05, 4.69) is 24.9 Å². The smallest absolute Gasteiger partial charge is 0.265 e. The van der Waals surface area contributed by atoms with Crippen molar-refractivity contribution in [1.82, 2.24) is 9.97 Å². The summed E-state index contributed by atoms with van der Waals surface area (Å²) in [7, 11) is -2.35. The Labute approximate surface area is 195 Å². The summed E-state index contributed by atoms with van der Waals surface area (Å²) in [6, 6.07) is 14.0. The SMILES string of the molecule is COc1ccc(C)cc1S(=O)(=O)Nc1ccc(Nc2nc(C)cc(N3CCCCC3)n2)cc1. The molecule has 1 aliphatic heterocycles. The van der Waals surface area contributed by atoms with Crippen molar-refractivity contribution in [3.05, 3.63) is 59.8 Å². The lowest BCUT2D eigenvalue weighted by Gasteiger charge is -2.28. The molecule has 0 unspecified atom stereocenters. The van der Waals surface area contributed by atoms with Crippen LogP contribution in [0.25, 0.3) is 0 Å². The number of aromatic nitrogens is 2. The Morgan fingerprint density at radius 2 is 1.61 bits per heavy atom. The van der Waals surface area contributed by atoms with Gasteiger partial charge >= 0.3 is 0 Å². The number of aryl methyl sites for hydroxylation is 2. The Bertz CT molecular complexity index is 1220. The van der Waals surface area contributed by atoms with Crippen LogP contribution in [-0.4, -0.2) is 38.6 Å². The minimum Gasteiger partial charge on any atom is -0.495 e. The zero-order chi connectivity index (χ0) is 23.4. The summed E-state index contributed by atoms with van der Waals surface area (Å²) in [5.41, 5.74) is 2.94. The van der Waals surface area contributed by atoms with Crippen LogP contribution >= 0.6 is 0 Å². The van der Waals surface area contributed by atoms with E-state index in [-0.39, 0.29) is 4.90 Å². The zero-order valence-electron chi connectivity index (χ0n) is 19.1. The fraction of sp³-hybridized carbons (Fsp3) is 0.333. The van der Waals surface area contributed by atoms with Gasteiger partial charge in [-0.2, -0.15) is 4.98 Å². The molecule has 1 fully saturated rings. The van der Waals surface area contributed by atoms with Crippen molar-refractivity contribution in [2.45, 2.75) is 38.0 Å². The molecule has 0 radical (unpaired) electrons. The van der Waals surface area contributed by atoms with E-state index in [1.165, 1.54) is 26.4 Å². The third-order valence-electron chi connectivity index (χ3n) is 5.52. The molecule has 2 N–H and O–H groups in total. The second-order valence-corrected chi connectivity index (χ2v) is 9.85. The largest absolute Gasteiger partial charge is 0.495 e. The maximum Gasteiger partial charge on any atom is 0.265 e. The summed E-state index contributed by atoms with van der Waals surface area (Å²) >= 11 is 0. The first-order valence-electron chi connectivity index (χ1n) is 11.0. The van der Waals surface area contributed by atoms with Gasteiger partial charge in [0.15, 0.2) is 0 Å². The molecule has 1 saturated heterocycles. The van der Waals surface area contributed by atoms with Gasteiger partial charge < -0.3 is 15.0 Å². The van der Waals surface area contributed by atoms with E-state index < -0.39 is 10.0 Å². The molecular formula is C24H29N5O3S. The predicted octanol–water partition coefficient (Wildman–Crippen LogP) is 4.64. The molecule has 174 valence electrons. The van der Waals surface area contributed by atoms with Crippen LogP contribution in [0.2, 0.25) is 0 Å². The summed E-state index contributed by atoms with van der Waals surface area (Å²) in [6.45, 7) is 5.81. The summed E-state index contributed by atoms with van der Waals surface area (Å²) in [6.07, 6.45) is 3.62. The van der Waals surface area contributed by atoms with Crippen molar-refractivity contribution in [3.8, 4) is 5.75 Å². The summed E-state index contributed by atoms with van der Waals surface area (Å²) in [5, 5.41) is 3.23. The Kier molecular flexibility index (Phi) is 6.69. The van der Waals surface area contributed by atoms with Crippen LogP contribution in [0.5, 0.6) is 5.75 Å². The van der Waals surface area contributed by atoms with E-state index in [9.17, 15) is 8.42 Å². The Hall–Kier alpha value is -3.33. The molecule has 33 heavy (non-hydrogen) atoms. The highest BCUT2D eigenvalue weighted by molar-refractivity contribution is 7.92. The molecule has 0 amide bonds. The number of rotatable bonds is 7. The number of anilines is 4. The van der Waals surface area contributed by atoms with Gasteiger partial charge in [0.05, 0.1) is 7.11 Å². The fourth-order valence-electron chi connectivity index (χ4n) is 3.85. The van der Waals surface area contributed by atoms with Crippen LogP contribution in [0.4, 0.5) is 23.1 Å². The van der Waals surface area contributed by atoms with Gasteiger partial charge in [-0.05, 0) is 75.1 Å². The number of nitrogens with zero attached hydrogens (tertiary/aromatic N) is 3. The molecule has 2 aromatic carbocycles. The van der Waals surface area contributed by atoms with Gasteiger partial charge in [-0.3, -0.25) is 4.72 Å². The Morgan fingerprint density at radius 1 is 0.909 bits per heavy atom. The molecule has 2 heterocycles. The highest BCUT2D eigenvalue weighted by Crippen LogP contribution is 2.28. The lowest BCUT2D eigenvalue weighted by molar-refractivity contribution is 0.402. The van der Waals surface area contributed by atoms with Crippen LogP contribution < -0.4 is 19.7 Å². The number of sulfonamides is 1. The average Bonchev–Trinajstić information content (AvgIpc) is 2.80. The van der Waals surface area contributed by atoms with Crippen LogP contribution in [0, 0.1) is 13.8 Å². The number of nitrogens with one attached hydrogen (secondary N) is 2. The second kappa shape index (κ2) is 9.66. The number of hydrogen-bond donors (Lipinski definition) is 2. The Morgan fingerprint density at radius 3 is 2.30 bits per heavy atom. The average molecular weight is 468 g/mol. The Balaban J connectivity index is 1.49. The molecule has 1 aromatic heterocycles. The molecular weight excluding hydrogens is 438 g/mol. The van der Waals surface area contributed by atoms with E-state index in [1.807, 2.05) is 26.0 Å². The van der Waals surface area contributed by atoms with Gasteiger partial charge in [-0.1, -0.05) is 6.07 Å². The summed E-state index contributed by atoms with van der Waals surface area (Å²) in [5.74, 6) is 1.75. The van der Waals surface area contributed by atoms with Gasteiger partial charge in [0.1, 0.15) is 16.5 Å². The van der Waals surface area contributed by atoms with E-state index in [0.717, 1.165) is 35.9 Å². The standard InChI is InChI=1S/C24H29N5O3S/c1-17-7-12-21(32-3)22(15-17)33(30,31)28-20-10-8-19(9-11-20)26-24-25-18(2)16-23(27-24)29-13-5-4-6-14-29/h7-12,15-16,28H,4-6,13-14H2,1-3H3,(H,25,26,27). The quantitative estimate of drug-likeness (QED) is 0.523. The maximum absolute atomic E-state index is 12.9. The zero-order valence-corrected chi connectivity index (χ0v) is 19.9. The van der Waals surface area contributed by atoms with Crippen LogP contribution in [-0.2, 0) is 10.0 Å². The normalized spacial score (nSPS) is 14.1. The lowest BCUT2D eigenvalue weighted by Crippen LogP contribution is -2.30. The molecule has 0 spiro atoms. The van der Waals surface area contributed by atoms with Crippen LogP contribution in [0.3, 0.4) is 0 Å². The van der Waals surface area contributed by atoms with E-state index in [1.54, 1.807) is 36.4 Å². The van der Waals surface area contributed by atoms with Gasteiger partial charge in [0.2, 0.25) is 5.95 Å². The summed E-state index contributed by atoms with van der Waals surface area (Å²) in [4.78, 5) is 11.6. The molecule has 0 saturated carbocycles. The molecule has 0 aliphatic carbocycles. The molecule has 8 nitrogen and oxygen atoms in total. The summed E-state index contributed by atoms with van der Waals surface area (Å²) < 4.78 is 33.6. The molecule has 0 bridgehead atoms. The third-order valence-corrected chi connectivity index (χ3v) is 6.93. The molecule has 3 aromatic rings. The molecule has 1 aliphatic rings. The minimum absolute atomic E-state index is 0.102. The van der Waals surface area contributed by atoms with Crippen molar-refractivity contribution in [3.63, 3.8) is 0 Å². The first-order valence-corrected chi connectivity index (χ1v) is 12.5. The van der Waals surface area contributed by atoms with Crippen molar-refractivity contribution in [1.29, 1.82) is 0 Å². The fourth-order valence-corrected chi connectivity index (χ4v) is 5.16. The van der Waals surface area contributed by atoms with Crippen LogP contribution in [0.1, 0.15) is 30.5 Å². The van der Waals surface area contributed by atoms with Gasteiger partial charge in [-0.25, -0.2) is 13.4 Å². The predicted molar refractivity (Wildman–Crippen MR) is 131 cm³/mol. The highest BCUT2D eigenvalue weighted by atomic mass is 32.2. The number of ether oxygens (including phenoxy) is 1. The van der Waals surface area contributed by atoms with Crippen molar-refractivity contribution in [2.75, 3.05) is 35.1 Å². The maximum atomic E-state index is 12.9. The molecule has 9 heteroatoms. The first-order chi connectivity index (χ1) is 15.8. The first kappa shape index (κ1) is 22.8. The van der Waals surface area contributed by atoms with Crippen molar-refractivity contribution >= 4 is 33.2 Å². The number of benzene rings is 2. The number of hydrogen-bond acceptors (Lipinski definition) is 7. The third kappa shape index (κ3) is 5.54. The van der Waals surface area contributed by atoms with E-state index in [4.69, 9.17) is 4.74 Å². The van der Waals surface area contributed by atoms with Crippen LogP contribution in [0.15, 0.2) is 53.4 Å². The molecule has 4 rings (SSSR count). The molecule has 0 atom stereocenters. The monoisotopic (exact) mass is 467 g/mol. The van der Waals surface area contributed by atoms with Crippen molar-refractivity contribution in [2.24, 2.45) is 0 Å². The van der Waals surface area contributed by atoms with E-state index in [0.29, 0.717) is 17.4 Å². The number of piperidine rings is 1. The second-order valence-electron chi connectivity index (χ2n) is 8.20. The topological polar surface area (TPSA) is 96.5 Å². The number of methoxy groups -OCH3 is 1. The van der Waals surface area contributed by atoms with Crippen molar-refractivity contribution < 1.29 is 13.2 Å². The van der Waals surface area contributed by atoms with Gasteiger partial charge in [0.25, 0.3) is 10.0 Å². The van der Waals surface area contributed by atoms with Gasteiger partial charge in [-0.15, -0.1) is 0 Å². The van der Waals surface area contributed by atoms with E-state index >= 15 is 0 Å². The highest BCUT2D eigenvalue weighted by Gasteiger charge is 2.20. The lowest BCUT2D eigenvalue weighted by atomic mass is 10.1. The minimum atomic E-state index is -3.80. The van der Waals surface area contributed by atoms with Gasteiger partial charge in [0, 0.05) is 36.2 Å².